The van der Waals surface area contributed by atoms with Crippen molar-refractivity contribution in [3.8, 4) is 11.5 Å². The first-order chi connectivity index (χ1) is 12.7. The van der Waals surface area contributed by atoms with Crippen molar-refractivity contribution < 1.29 is 9.47 Å². The summed E-state index contributed by atoms with van der Waals surface area (Å²) in [7, 11) is 3.63. The van der Waals surface area contributed by atoms with Crippen LogP contribution in [0.5, 0.6) is 11.5 Å². The van der Waals surface area contributed by atoms with Crippen LogP contribution in [0.1, 0.15) is 42.8 Å². The topological polar surface area (TPSA) is 39.5 Å². The summed E-state index contributed by atoms with van der Waals surface area (Å²) in [6.45, 7) is 16.8. The third kappa shape index (κ3) is 3.34. The van der Waals surface area contributed by atoms with E-state index in [0.29, 0.717) is 0 Å². The van der Waals surface area contributed by atoms with Crippen molar-refractivity contribution in [2.75, 3.05) is 12.0 Å². The summed E-state index contributed by atoms with van der Waals surface area (Å²) in [5.41, 5.74) is 7.29. The van der Waals surface area contributed by atoms with E-state index in [1.807, 2.05) is 38.6 Å². The van der Waals surface area contributed by atoms with Gasteiger partial charge >= 0.3 is 0 Å². The number of aryl methyl sites for hydroxylation is 3. The lowest BCUT2D eigenvalue weighted by atomic mass is 9.96. The van der Waals surface area contributed by atoms with E-state index in [2.05, 4.69) is 36.1 Å². The molecule has 1 aromatic heterocycles. The van der Waals surface area contributed by atoms with Crippen LogP contribution in [0.3, 0.4) is 0 Å². The van der Waals surface area contributed by atoms with Crippen molar-refractivity contribution >= 4 is 11.4 Å². The smallest absolute Gasteiger partial charge is 0.163 e. The van der Waals surface area contributed by atoms with Gasteiger partial charge in [0.25, 0.3) is 0 Å². The van der Waals surface area contributed by atoms with Crippen molar-refractivity contribution in [1.29, 1.82) is 0 Å². The molecule has 0 bridgehead atoms. The summed E-state index contributed by atoms with van der Waals surface area (Å²) < 4.78 is 13.4. The van der Waals surface area contributed by atoms with Crippen molar-refractivity contribution in [3.05, 3.63) is 53.5 Å². The van der Waals surface area contributed by atoms with Crippen LogP contribution in [0.15, 0.2) is 31.0 Å². The Bertz CT molecular complexity index is 909. The summed E-state index contributed by atoms with van der Waals surface area (Å²) in [5, 5.41) is 4.55. The molecular formula is C22H29N3O2. The lowest BCUT2D eigenvalue weighted by Crippen LogP contribution is -2.26. The first kappa shape index (κ1) is 19.1. The zero-order chi connectivity index (χ0) is 19.9. The Labute approximate surface area is 161 Å². The molecule has 0 amide bonds. The molecule has 0 unspecified atom stereocenters. The molecule has 5 nitrogen and oxygen atoms in total. The van der Waals surface area contributed by atoms with Crippen LogP contribution in [0.2, 0.25) is 0 Å². The maximum Gasteiger partial charge on any atom is 0.163 e. The molecule has 144 valence electrons. The molecule has 1 aromatic carbocycles. The van der Waals surface area contributed by atoms with Crippen molar-refractivity contribution in [2.45, 2.75) is 46.6 Å². The SMILES string of the molecule is C=C1CCc2cc(OC)c(OC(C)C)cc2N1C(=C)c1c(C)nn(C)c1C. The van der Waals surface area contributed by atoms with Crippen molar-refractivity contribution in [2.24, 2.45) is 7.05 Å². The molecule has 27 heavy (non-hydrogen) atoms. The van der Waals surface area contributed by atoms with Crippen LogP contribution in [0.4, 0.5) is 5.69 Å². The minimum Gasteiger partial charge on any atom is -0.493 e. The van der Waals surface area contributed by atoms with Gasteiger partial charge in [0, 0.05) is 35.8 Å². The van der Waals surface area contributed by atoms with Crippen LogP contribution < -0.4 is 14.4 Å². The van der Waals surface area contributed by atoms with E-state index in [-0.39, 0.29) is 6.10 Å². The Balaban J connectivity index is 2.13. The number of ether oxygens (including phenoxy) is 2. The van der Waals surface area contributed by atoms with E-state index in [4.69, 9.17) is 9.47 Å². The second-order valence-electron chi connectivity index (χ2n) is 7.32. The molecule has 0 spiro atoms. The number of hydrogen-bond acceptors (Lipinski definition) is 4. The van der Waals surface area contributed by atoms with E-state index in [9.17, 15) is 0 Å². The second-order valence-corrected chi connectivity index (χ2v) is 7.32. The molecule has 0 N–H and O–H groups in total. The standard InChI is InChI=1S/C22H29N3O2/c1-13(2)27-21-12-19-18(11-20(21)26-8)10-9-14(3)25(19)17(6)22-15(4)23-24(7)16(22)5/h11-13H,3,6,9-10H2,1-2,4-5,7-8H3. The van der Waals surface area contributed by atoms with Crippen LogP contribution in [0, 0.1) is 13.8 Å². The normalized spacial score (nSPS) is 13.7. The summed E-state index contributed by atoms with van der Waals surface area (Å²) >= 11 is 0. The minimum absolute atomic E-state index is 0.0585. The van der Waals surface area contributed by atoms with Gasteiger partial charge in [0.15, 0.2) is 11.5 Å². The molecule has 1 aliphatic rings. The highest BCUT2D eigenvalue weighted by molar-refractivity contribution is 5.86. The summed E-state index contributed by atoms with van der Waals surface area (Å²) in [6, 6.07) is 4.12. The van der Waals surface area contributed by atoms with Crippen LogP contribution >= 0.6 is 0 Å². The third-order valence-electron chi connectivity index (χ3n) is 5.04. The van der Waals surface area contributed by atoms with Gasteiger partial charge in [-0.1, -0.05) is 13.2 Å². The largest absolute Gasteiger partial charge is 0.493 e. The third-order valence-corrected chi connectivity index (χ3v) is 5.04. The Morgan fingerprint density at radius 2 is 1.89 bits per heavy atom. The van der Waals surface area contributed by atoms with Crippen molar-refractivity contribution in [3.63, 3.8) is 0 Å². The Hall–Kier alpha value is -2.69. The van der Waals surface area contributed by atoms with Gasteiger partial charge in [0.1, 0.15) is 0 Å². The molecular weight excluding hydrogens is 338 g/mol. The van der Waals surface area contributed by atoms with Gasteiger partial charge in [-0.25, -0.2) is 0 Å². The van der Waals surface area contributed by atoms with Gasteiger partial charge in [0.05, 0.1) is 24.6 Å². The zero-order valence-electron chi connectivity index (χ0n) is 17.2. The average Bonchev–Trinajstić information content (AvgIpc) is 2.85. The number of aromatic nitrogens is 2. The summed E-state index contributed by atoms with van der Waals surface area (Å²) in [5.74, 6) is 1.49. The molecule has 0 saturated heterocycles. The molecule has 0 saturated carbocycles. The van der Waals surface area contributed by atoms with Gasteiger partial charge in [-0.3, -0.25) is 4.68 Å². The predicted octanol–water partition coefficient (Wildman–Crippen LogP) is 4.77. The van der Waals surface area contributed by atoms with E-state index < -0.39 is 0 Å². The first-order valence-electron chi connectivity index (χ1n) is 9.29. The quantitative estimate of drug-likeness (QED) is 0.763. The van der Waals surface area contributed by atoms with E-state index in [1.165, 1.54) is 5.56 Å². The Morgan fingerprint density at radius 3 is 2.44 bits per heavy atom. The number of methoxy groups -OCH3 is 1. The predicted molar refractivity (Wildman–Crippen MR) is 110 cm³/mol. The van der Waals surface area contributed by atoms with E-state index in [1.54, 1.807) is 7.11 Å². The van der Waals surface area contributed by atoms with Crippen LogP contribution in [-0.4, -0.2) is 23.0 Å². The molecule has 0 atom stereocenters. The lowest BCUT2D eigenvalue weighted by molar-refractivity contribution is 0.230. The fourth-order valence-corrected chi connectivity index (χ4v) is 3.71. The molecule has 5 heteroatoms. The van der Waals surface area contributed by atoms with E-state index >= 15 is 0 Å². The molecule has 0 aliphatic carbocycles. The number of fused-ring (bicyclic) bond motifs is 1. The molecule has 3 rings (SSSR count). The highest BCUT2D eigenvalue weighted by Crippen LogP contribution is 2.44. The maximum absolute atomic E-state index is 6.00. The monoisotopic (exact) mass is 367 g/mol. The number of hydrogen-bond donors (Lipinski definition) is 0. The number of nitrogens with zero attached hydrogens (tertiary/aromatic N) is 3. The summed E-state index contributed by atoms with van der Waals surface area (Å²) in [6.07, 6.45) is 1.85. The summed E-state index contributed by atoms with van der Waals surface area (Å²) in [4.78, 5) is 2.14. The fraction of sp³-hybridized carbons (Fsp3) is 0.409. The first-order valence-corrected chi connectivity index (χ1v) is 9.29. The maximum atomic E-state index is 6.00. The second kappa shape index (κ2) is 7.14. The van der Waals surface area contributed by atoms with Crippen LogP contribution in [-0.2, 0) is 13.5 Å². The lowest BCUT2D eigenvalue weighted by Gasteiger charge is -2.35. The van der Waals surface area contributed by atoms with E-state index in [0.717, 1.165) is 58.4 Å². The Morgan fingerprint density at radius 1 is 1.19 bits per heavy atom. The number of anilines is 1. The van der Waals surface area contributed by atoms with Crippen LogP contribution in [0.25, 0.3) is 5.70 Å². The number of rotatable bonds is 5. The van der Waals surface area contributed by atoms with Gasteiger partial charge in [-0.15, -0.1) is 0 Å². The van der Waals surface area contributed by atoms with Gasteiger partial charge in [-0.2, -0.15) is 5.10 Å². The zero-order valence-corrected chi connectivity index (χ0v) is 17.2. The van der Waals surface area contributed by atoms with Gasteiger partial charge in [-0.05, 0) is 52.2 Å². The molecule has 2 aromatic rings. The fourth-order valence-electron chi connectivity index (χ4n) is 3.71. The molecule has 2 heterocycles. The average molecular weight is 367 g/mol. The highest BCUT2D eigenvalue weighted by Gasteiger charge is 2.28. The van der Waals surface area contributed by atoms with Gasteiger partial charge < -0.3 is 14.4 Å². The minimum atomic E-state index is 0.0585. The molecule has 0 fully saturated rings. The highest BCUT2D eigenvalue weighted by atomic mass is 16.5. The molecule has 1 aliphatic heterocycles. The number of allylic oxidation sites excluding steroid dienone is 1. The number of benzene rings is 1. The molecule has 0 radical (unpaired) electrons. The van der Waals surface area contributed by atoms with Crippen molar-refractivity contribution in [1.82, 2.24) is 9.78 Å². The Kier molecular flexibility index (Phi) is 5.05. The van der Waals surface area contributed by atoms with Gasteiger partial charge in [0.2, 0.25) is 0 Å².